The van der Waals surface area contributed by atoms with Crippen LogP contribution >= 0.6 is 0 Å². The highest BCUT2D eigenvalue weighted by atomic mass is 19.3. The predicted molar refractivity (Wildman–Crippen MR) is 211 cm³/mol. The Balaban J connectivity index is 0.936. The number of amides is 4. The van der Waals surface area contributed by atoms with Gasteiger partial charge >= 0.3 is 0 Å². The summed E-state index contributed by atoms with van der Waals surface area (Å²) in [5.74, 6) is 0.124. The predicted octanol–water partition coefficient (Wildman–Crippen LogP) is 4.81. The number of rotatable bonds is 6. The van der Waals surface area contributed by atoms with Gasteiger partial charge in [-0.2, -0.15) is 10.2 Å². The molecule has 2 saturated heterocycles. The van der Waals surface area contributed by atoms with E-state index >= 15 is 8.78 Å². The number of carbonyl (C=O) groups is 4. The van der Waals surface area contributed by atoms with Crippen LogP contribution in [0.25, 0.3) is 22.2 Å². The second kappa shape index (κ2) is 14.2. The van der Waals surface area contributed by atoms with Gasteiger partial charge in [0.05, 0.1) is 36.5 Å². The standard InChI is InChI=1S/C42H42F2N10O5/c1-23(55)51-14-10-32-31(22-51)40(52-15-16-59-36-19-28(29(39(43)44)18-35(36)52)30-21-49(2)33-7-11-45-47-38(30)33)48-54(32)25-8-12-50(13-9-25)26-3-4-27-24(17-26)20-53(42(27)58)34-5-6-37(56)46-41(34)57/h3-4,7,11,17-19,21,25,34,39H,5-6,8-10,12-16,20,22H2,1-2H3,(H,46,56,57). The second-order valence-corrected chi connectivity index (χ2v) is 16.0. The summed E-state index contributed by atoms with van der Waals surface area (Å²) in [5.41, 5.74) is 6.91. The van der Waals surface area contributed by atoms with E-state index in [1.165, 1.54) is 6.07 Å². The minimum atomic E-state index is -2.79. The van der Waals surface area contributed by atoms with E-state index in [1.807, 2.05) is 34.7 Å². The lowest BCUT2D eigenvalue weighted by molar-refractivity contribution is -0.137. The van der Waals surface area contributed by atoms with Crippen molar-refractivity contribution < 1.29 is 32.7 Å². The van der Waals surface area contributed by atoms with Crippen LogP contribution in [0.5, 0.6) is 5.75 Å². The Morgan fingerprint density at radius 1 is 0.949 bits per heavy atom. The van der Waals surface area contributed by atoms with E-state index in [4.69, 9.17) is 9.84 Å². The molecule has 10 rings (SSSR count). The van der Waals surface area contributed by atoms with Gasteiger partial charge in [0, 0.05) is 92.8 Å². The Morgan fingerprint density at radius 3 is 2.56 bits per heavy atom. The van der Waals surface area contributed by atoms with Crippen molar-refractivity contribution in [2.24, 2.45) is 7.05 Å². The molecular weight excluding hydrogens is 763 g/mol. The number of hydrogen-bond acceptors (Lipinski definition) is 10. The van der Waals surface area contributed by atoms with E-state index in [1.54, 1.807) is 41.2 Å². The molecule has 15 nitrogen and oxygen atoms in total. The number of halogens is 2. The van der Waals surface area contributed by atoms with E-state index in [9.17, 15) is 19.2 Å². The number of carbonyl (C=O) groups excluding carboxylic acids is 4. The Labute approximate surface area is 337 Å². The Bertz CT molecular complexity index is 2580. The number of hydrogen-bond donors (Lipinski definition) is 1. The van der Waals surface area contributed by atoms with Crippen molar-refractivity contribution in [3.8, 4) is 16.9 Å². The molecule has 1 N–H and O–H groups in total. The van der Waals surface area contributed by atoms with Crippen molar-refractivity contribution >= 4 is 51.9 Å². The number of nitrogens with one attached hydrogen (secondary N) is 1. The number of fused-ring (bicyclic) bond motifs is 4. The summed E-state index contributed by atoms with van der Waals surface area (Å²) in [4.78, 5) is 57.9. The van der Waals surface area contributed by atoms with Crippen LogP contribution in [0, 0.1) is 0 Å². The van der Waals surface area contributed by atoms with Crippen LogP contribution in [0.2, 0.25) is 0 Å². The molecule has 304 valence electrons. The maximum Gasteiger partial charge on any atom is 0.264 e. The molecule has 0 saturated carbocycles. The summed E-state index contributed by atoms with van der Waals surface area (Å²) < 4.78 is 40.2. The lowest BCUT2D eigenvalue weighted by Gasteiger charge is -2.35. The van der Waals surface area contributed by atoms with E-state index < -0.39 is 18.4 Å². The van der Waals surface area contributed by atoms with Gasteiger partial charge in [-0.1, -0.05) is 0 Å². The molecule has 2 fully saturated rings. The highest BCUT2D eigenvalue weighted by Gasteiger charge is 2.40. The number of alkyl halides is 2. The minimum Gasteiger partial charge on any atom is -0.490 e. The van der Waals surface area contributed by atoms with Crippen molar-refractivity contribution in [1.82, 2.24) is 39.7 Å². The smallest absolute Gasteiger partial charge is 0.264 e. The van der Waals surface area contributed by atoms with E-state index in [-0.39, 0.29) is 35.7 Å². The third-order valence-electron chi connectivity index (χ3n) is 12.6. The minimum absolute atomic E-state index is 0.0378. The maximum atomic E-state index is 15.0. The fourth-order valence-corrected chi connectivity index (χ4v) is 9.58. The molecule has 0 aliphatic carbocycles. The van der Waals surface area contributed by atoms with Crippen LogP contribution in [-0.2, 0) is 40.9 Å². The molecule has 1 atom stereocenters. The molecule has 5 aliphatic heterocycles. The van der Waals surface area contributed by atoms with Gasteiger partial charge in [-0.15, -0.1) is 5.10 Å². The summed E-state index contributed by atoms with van der Waals surface area (Å²) >= 11 is 0. The van der Waals surface area contributed by atoms with Crippen molar-refractivity contribution in [2.45, 2.75) is 70.6 Å². The van der Waals surface area contributed by atoms with Gasteiger partial charge in [0.25, 0.3) is 12.3 Å². The SMILES string of the molecule is CC(=O)N1CCc2c(c(N3CCOc4cc(-c5cn(C)c6ccnnc56)c(C(F)F)cc43)nn2C2CCN(c3ccc4c(c3)CN(C3CCC(=O)NC3=O)C4=O)CC2)C1. The number of imide groups is 1. The first kappa shape index (κ1) is 36.9. The number of ether oxygens (including phenoxy) is 1. The molecule has 0 radical (unpaired) electrons. The Hall–Kier alpha value is -6.39. The first-order chi connectivity index (χ1) is 28.5. The Kier molecular flexibility index (Phi) is 8.86. The van der Waals surface area contributed by atoms with E-state index in [0.717, 1.165) is 54.0 Å². The van der Waals surface area contributed by atoms with Crippen molar-refractivity contribution in [1.29, 1.82) is 0 Å². The first-order valence-corrected chi connectivity index (χ1v) is 20.1. The molecule has 4 amide bonds. The quantitative estimate of drug-likeness (QED) is 0.237. The summed E-state index contributed by atoms with van der Waals surface area (Å²) in [6, 6.07) is 10.2. The van der Waals surface area contributed by atoms with E-state index in [2.05, 4.69) is 25.1 Å². The van der Waals surface area contributed by atoms with Crippen molar-refractivity contribution in [2.75, 3.05) is 42.6 Å². The summed E-state index contributed by atoms with van der Waals surface area (Å²) in [7, 11) is 1.84. The zero-order chi connectivity index (χ0) is 40.7. The molecule has 5 aliphatic rings. The molecule has 3 aromatic heterocycles. The lowest BCUT2D eigenvalue weighted by atomic mass is 9.98. The highest BCUT2D eigenvalue weighted by Crippen LogP contribution is 2.47. The molecule has 59 heavy (non-hydrogen) atoms. The van der Waals surface area contributed by atoms with Crippen LogP contribution in [-0.4, -0.2) is 96.8 Å². The normalized spacial score (nSPS) is 19.6. The number of aromatic nitrogens is 5. The van der Waals surface area contributed by atoms with Crippen LogP contribution in [0.1, 0.15) is 77.8 Å². The van der Waals surface area contributed by atoms with Gasteiger partial charge in [0.15, 0.2) is 5.82 Å². The summed E-state index contributed by atoms with van der Waals surface area (Å²) in [5, 5.41) is 15.9. The number of piperidine rings is 2. The number of nitrogens with zero attached hydrogens (tertiary/aromatic N) is 9. The van der Waals surface area contributed by atoms with Gasteiger partial charge < -0.3 is 28.9 Å². The van der Waals surface area contributed by atoms with E-state index in [0.29, 0.717) is 85.1 Å². The Morgan fingerprint density at radius 2 is 1.78 bits per heavy atom. The maximum absolute atomic E-state index is 15.0. The zero-order valence-corrected chi connectivity index (χ0v) is 32.7. The third-order valence-corrected chi connectivity index (χ3v) is 12.6. The molecule has 0 bridgehead atoms. The third kappa shape index (κ3) is 6.16. The molecule has 2 aromatic carbocycles. The monoisotopic (exact) mass is 804 g/mol. The first-order valence-electron chi connectivity index (χ1n) is 20.1. The molecule has 1 unspecified atom stereocenters. The number of anilines is 3. The lowest BCUT2D eigenvalue weighted by Crippen LogP contribution is -2.52. The average molecular weight is 805 g/mol. The summed E-state index contributed by atoms with van der Waals surface area (Å²) in [6.07, 6.45) is 3.28. The van der Waals surface area contributed by atoms with Crippen LogP contribution in [0.15, 0.2) is 48.8 Å². The fourth-order valence-electron chi connectivity index (χ4n) is 9.58. The van der Waals surface area contributed by atoms with Crippen LogP contribution in [0.3, 0.4) is 0 Å². The fraction of sp³-hybridized carbons (Fsp3) is 0.405. The highest BCUT2D eigenvalue weighted by molar-refractivity contribution is 6.05. The second-order valence-electron chi connectivity index (χ2n) is 16.0. The molecular formula is C42H42F2N10O5. The largest absolute Gasteiger partial charge is 0.490 e. The molecule has 0 spiro atoms. The number of aryl methyl sites for hydroxylation is 1. The van der Waals surface area contributed by atoms with Gasteiger partial charge in [0.2, 0.25) is 17.7 Å². The van der Waals surface area contributed by atoms with Gasteiger partial charge in [-0.25, -0.2) is 8.78 Å². The molecule has 8 heterocycles. The van der Waals surface area contributed by atoms with Crippen molar-refractivity contribution in [3.05, 3.63) is 76.7 Å². The zero-order valence-electron chi connectivity index (χ0n) is 32.7. The van der Waals surface area contributed by atoms with Gasteiger partial charge in [0.1, 0.15) is 23.9 Å². The van der Waals surface area contributed by atoms with Gasteiger partial charge in [-0.05, 0) is 66.8 Å². The molecule has 5 aromatic rings. The average Bonchev–Trinajstić information content (AvgIpc) is 3.90. The van der Waals surface area contributed by atoms with Crippen molar-refractivity contribution in [3.63, 3.8) is 0 Å². The summed E-state index contributed by atoms with van der Waals surface area (Å²) in [6.45, 7) is 4.96. The molecule has 17 heteroatoms. The van der Waals surface area contributed by atoms with Gasteiger partial charge in [-0.3, -0.25) is 29.2 Å². The number of benzene rings is 2. The topological polar surface area (TPSA) is 151 Å². The van der Waals surface area contributed by atoms with Crippen LogP contribution < -0.4 is 19.9 Å². The van der Waals surface area contributed by atoms with Crippen LogP contribution in [0.4, 0.5) is 26.0 Å².